The molecule has 0 bridgehead atoms. The Morgan fingerprint density at radius 3 is 2.29 bits per heavy atom. The van der Waals surface area contributed by atoms with Crippen molar-refractivity contribution >= 4 is 0 Å². The Balaban J connectivity index is 1.98. The lowest BCUT2D eigenvalue weighted by atomic mass is 10.2. The van der Waals surface area contributed by atoms with Crippen molar-refractivity contribution in [2.24, 2.45) is 0 Å². The summed E-state index contributed by atoms with van der Waals surface area (Å²) in [6.45, 7) is 6.78. The molecule has 3 nitrogen and oxygen atoms in total. The molecule has 21 heavy (non-hydrogen) atoms. The molecule has 0 aromatic heterocycles. The average molecular weight is 285 g/mol. The van der Waals surface area contributed by atoms with Crippen LogP contribution in [0.5, 0.6) is 17.2 Å². The Morgan fingerprint density at radius 2 is 1.57 bits per heavy atom. The van der Waals surface area contributed by atoms with E-state index in [1.807, 2.05) is 55.5 Å². The smallest absolute Gasteiger partial charge is 0.169 e. The summed E-state index contributed by atoms with van der Waals surface area (Å²) in [6, 6.07) is 15.8. The van der Waals surface area contributed by atoms with Crippen molar-refractivity contribution in [3.8, 4) is 17.2 Å². The van der Waals surface area contributed by atoms with Crippen LogP contribution in [0.15, 0.2) is 48.5 Å². The Bertz CT molecular complexity index is 554. The summed E-state index contributed by atoms with van der Waals surface area (Å²) in [4.78, 5) is 0. The summed E-state index contributed by atoms with van der Waals surface area (Å²) in [5, 5.41) is 3.29. The van der Waals surface area contributed by atoms with Gasteiger partial charge in [-0.1, -0.05) is 37.3 Å². The first kappa shape index (κ1) is 15.4. The number of nitrogens with one attached hydrogen (secondary N) is 1. The normalized spacial score (nSPS) is 10.4. The molecular formula is C18H23NO2. The van der Waals surface area contributed by atoms with Gasteiger partial charge >= 0.3 is 0 Å². The highest BCUT2D eigenvalue weighted by Gasteiger charge is 2.06. The fourth-order valence-corrected chi connectivity index (χ4v) is 2.00. The topological polar surface area (TPSA) is 30.5 Å². The summed E-state index contributed by atoms with van der Waals surface area (Å²) in [5.41, 5.74) is 1.11. The van der Waals surface area contributed by atoms with Gasteiger partial charge in [-0.3, -0.25) is 0 Å². The first-order valence-electron chi connectivity index (χ1n) is 7.47. The van der Waals surface area contributed by atoms with E-state index in [0.717, 1.165) is 42.3 Å². The first-order chi connectivity index (χ1) is 10.3. The fraction of sp³-hybridized carbons (Fsp3) is 0.333. The van der Waals surface area contributed by atoms with Crippen LogP contribution in [0.2, 0.25) is 0 Å². The molecular weight excluding hydrogens is 262 g/mol. The second kappa shape index (κ2) is 8.32. The van der Waals surface area contributed by atoms with Crippen molar-refractivity contribution in [2.45, 2.75) is 20.3 Å². The van der Waals surface area contributed by atoms with Gasteiger partial charge in [0, 0.05) is 0 Å². The molecule has 0 fully saturated rings. The standard InChI is InChI=1S/C18H23NO2/c1-3-19-13-8-14-20-17-11-6-7-12-18(17)21-16-10-5-4-9-15(16)2/h4-7,9-12,19H,3,8,13-14H2,1-2H3. The highest BCUT2D eigenvalue weighted by molar-refractivity contribution is 5.44. The number of hydrogen-bond donors (Lipinski definition) is 1. The minimum Gasteiger partial charge on any atom is -0.490 e. The van der Waals surface area contributed by atoms with E-state index < -0.39 is 0 Å². The van der Waals surface area contributed by atoms with Crippen molar-refractivity contribution in [1.29, 1.82) is 0 Å². The van der Waals surface area contributed by atoms with E-state index in [0.29, 0.717) is 6.61 Å². The van der Waals surface area contributed by atoms with Gasteiger partial charge in [0.25, 0.3) is 0 Å². The summed E-state index contributed by atoms with van der Waals surface area (Å²) in [7, 11) is 0. The molecule has 0 spiro atoms. The maximum atomic E-state index is 5.98. The third-order valence-corrected chi connectivity index (χ3v) is 3.17. The van der Waals surface area contributed by atoms with E-state index in [9.17, 15) is 0 Å². The Kier molecular flexibility index (Phi) is 6.10. The number of aryl methyl sites for hydroxylation is 1. The molecule has 0 radical (unpaired) electrons. The van der Waals surface area contributed by atoms with Crippen molar-refractivity contribution in [3.05, 3.63) is 54.1 Å². The predicted molar refractivity (Wildman–Crippen MR) is 86.4 cm³/mol. The number of benzene rings is 2. The minimum absolute atomic E-state index is 0.682. The number of ether oxygens (including phenoxy) is 2. The van der Waals surface area contributed by atoms with E-state index >= 15 is 0 Å². The van der Waals surface area contributed by atoms with E-state index in [-0.39, 0.29) is 0 Å². The van der Waals surface area contributed by atoms with Crippen LogP contribution in [0.4, 0.5) is 0 Å². The Morgan fingerprint density at radius 1 is 0.905 bits per heavy atom. The van der Waals surface area contributed by atoms with E-state index in [1.54, 1.807) is 0 Å². The lowest BCUT2D eigenvalue weighted by molar-refractivity contribution is 0.294. The van der Waals surface area contributed by atoms with Gasteiger partial charge < -0.3 is 14.8 Å². The van der Waals surface area contributed by atoms with Crippen molar-refractivity contribution in [3.63, 3.8) is 0 Å². The van der Waals surface area contributed by atoms with Crippen LogP contribution < -0.4 is 14.8 Å². The van der Waals surface area contributed by atoms with Crippen LogP contribution >= 0.6 is 0 Å². The van der Waals surface area contributed by atoms with Crippen LogP contribution in [0.3, 0.4) is 0 Å². The quantitative estimate of drug-likeness (QED) is 0.739. The second-order valence-electron chi connectivity index (χ2n) is 4.87. The summed E-state index contributed by atoms with van der Waals surface area (Å²) < 4.78 is 11.8. The van der Waals surface area contributed by atoms with Gasteiger partial charge in [-0.2, -0.15) is 0 Å². The van der Waals surface area contributed by atoms with Gasteiger partial charge in [-0.25, -0.2) is 0 Å². The van der Waals surface area contributed by atoms with Gasteiger partial charge in [0.05, 0.1) is 6.61 Å². The predicted octanol–water partition coefficient (Wildman–Crippen LogP) is 4.17. The largest absolute Gasteiger partial charge is 0.490 e. The highest BCUT2D eigenvalue weighted by Crippen LogP contribution is 2.32. The zero-order valence-corrected chi connectivity index (χ0v) is 12.8. The van der Waals surface area contributed by atoms with Gasteiger partial charge in [-0.15, -0.1) is 0 Å². The van der Waals surface area contributed by atoms with Crippen molar-refractivity contribution in [1.82, 2.24) is 5.32 Å². The summed E-state index contributed by atoms with van der Waals surface area (Å²) in [6.07, 6.45) is 0.979. The lowest BCUT2D eigenvalue weighted by Crippen LogP contribution is -2.16. The number of rotatable bonds is 8. The summed E-state index contributed by atoms with van der Waals surface area (Å²) in [5.74, 6) is 2.41. The Hall–Kier alpha value is -2.00. The molecule has 2 aromatic carbocycles. The second-order valence-corrected chi connectivity index (χ2v) is 4.87. The minimum atomic E-state index is 0.682. The van der Waals surface area contributed by atoms with Crippen LogP contribution in [-0.2, 0) is 0 Å². The molecule has 0 unspecified atom stereocenters. The zero-order valence-electron chi connectivity index (χ0n) is 12.8. The molecule has 0 saturated carbocycles. The molecule has 0 saturated heterocycles. The van der Waals surface area contributed by atoms with Gasteiger partial charge in [-0.05, 0) is 50.2 Å². The van der Waals surface area contributed by atoms with Crippen LogP contribution in [0.1, 0.15) is 18.9 Å². The lowest BCUT2D eigenvalue weighted by Gasteiger charge is -2.13. The van der Waals surface area contributed by atoms with E-state index in [2.05, 4.69) is 12.2 Å². The monoisotopic (exact) mass is 285 g/mol. The molecule has 3 heteroatoms. The molecule has 0 aliphatic heterocycles. The average Bonchev–Trinajstić information content (AvgIpc) is 2.51. The third-order valence-electron chi connectivity index (χ3n) is 3.17. The molecule has 0 aliphatic carbocycles. The molecule has 0 amide bonds. The zero-order chi connectivity index (χ0) is 14.9. The molecule has 112 valence electrons. The van der Waals surface area contributed by atoms with Gasteiger partial charge in [0.1, 0.15) is 5.75 Å². The first-order valence-corrected chi connectivity index (χ1v) is 7.47. The van der Waals surface area contributed by atoms with Crippen molar-refractivity contribution in [2.75, 3.05) is 19.7 Å². The highest BCUT2D eigenvalue weighted by atomic mass is 16.5. The van der Waals surface area contributed by atoms with Crippen LogP contribution in [0.25, 0.3) is 0 Å². The van der Waals surface area contributed by atoms with Gasteiger partial charge in [0.2, 0.25) is 0 Å². The summed E-state index contributed by atoms with van der Waals surface area (Å²) >= 11 is 0. The third kappa shape index (κ3) is 4.80. The maximum absolute atomic E-state index is 5.98. The Labute approximate surface area is 126 Å². The maximum Gasteiger partial charge on any atom is 0.169 e. The SMILES string of the molecule is CCNCCCOc1ccccc1Oc1ccccc1C. The molecule has 0 heterocycles. The molecule has 0 atom stereocenters. The molecule has 0 aliphatic rings. The molecule has 2 aromatic rings. The van der Waals surface area contributed by atoms with Gasteiger partial charge in [0.15, 0.2) is 11.5 Å². The van der Waals surface area contributed by atoms with E-state index in [1.165, 1.54) is 0 Å². The van der Waals surface area contributed by atoms with E-state index in [4.69, 9.17) is 9.47 Å². The van der Waals surface area contributed by atoms with Crippen LogP contribution in [-0.4, -0.2) is 19.7 Å². The number of hydrogen-bond acceptors (Lipinski definition) is 3. The molecule has 1 N–H and O–H groups in total. The van der Waals surface area contributed by atoms with Crippen LogP contribution in [0, 0.1) is 6.92 Å². The van der Waals surface area contributed by atoms with Crippen molar-refractivity contribution < 1.29 is 9.47 Å². The number of para-hydroxylation sites is 3. The fourth-order valence-electron chi connectivity index (χ4n) is 2.00. The molecule has 2 rings (SSSR count).